The average Bonchev–Trinajstić information content (AvgIpc) is 3.67. The van der Waals surface area contributed by atoms with Crippen LogP contribution in [0.25, 0.3) is 21.8 Å². The predicted octanol–water partition coefficient (Wildman–Crippen LogP) is 6.31. The summed E-state index contributed by atoms with van der Waals surface area (Å²) < 4.78 is 8.11. The van der Waals surface area contributed by atoms with Crippen LogP contribution in [0.5, 0.6) is 5.75 Å². The van der Waals surface area contributed by atoms with Crippen LogP contribution >= 0.6 is 0 Å². The number of methoxy groups -OCH3 is 1. The Morgan fingerprint density at radius 3 is 2.79 bits per heavy atom. The molecule has 9 heterocycles. The minimum atomic E-state index is -1.02. The van der Waals surface area contributed by atoms with Gasteiger partial charge >= 0.3 is 5.97 Å². The third-order valence-electron chi connectivity index (χ3n) is 14.3. The van der Waals surface area contributed by atoms with Gasteiger partial charge in [0.2, 0.25) is 0 Å². The van der Waals surface area contributed by atoms with Crippen molar-refractivity contribution in [2.75, 3.05) is 33.4 Å². The van der Waals surface area contributed by atoms with Crippen LogP contribution in [-0.4, -0.2) is 74.9 Å². The van der Waals surface area contributed by atoms with Crippen molar-refractivity contribution in [2.45, 2.75) is 83.0 Å². The number of esters is 1. The first-order chi connectivity index (χ1) is 23.4. The fourth-order valence-corrected chi connectivity index (χ4v) is 12.3. The lowest BCUT2D eigenvalue weighted by Gasteiger charge is -2.62. The number of phenolic OH excluding ortho intramolecular Hbond substituents is 1. The second kappa shape index (κ2) is 9.99. The summed E-state index contributed by atoms with van der Waals surface area (Å²) >= 11 is 0. The van der Waals surface area contributed by atoms with Crippen molar-refractivity contribution in [3.63, 3.8) is 0 Å². The topological polar surface area (TPSA) is 94.0 Å². The first kappa shape index (κ1) is 29.3. The van der Waals surface area contributed by atoms with Crippen LogP contribution in [0.3, 0.4) is 0 Å². The number of para-hydroxylation sites is 1. The molecule has 4 saturated heterocycles. The van der Waals surface area contributed by atoms with Gasteiger partial charge in [-0.25, -0.2) is 0 Å². The van der Waals surface area contributed by atoms with Crippen molar-refractivity contribution in [3.8, 4) is 5.75 Å². The number of hydrogen-bond donors (Lipinski definition) is 3. The number of hydrogen-bond acceptors (Lipinski definition) is 6. The van der Waals surface area contributed by atoms with Gasteiger partial charge in [-0.15, -0.1) is 0 Å². The molecule has 8 nitrogen and oxygen atoms in total. The monoisotopic (exact) mass is 646 g/mol. The Balaban J connectivity index is 1.23. The van der Waals surface area contributed by atoms with E-state index in [0.717, 1.165) is 61.8 Å². The summed E-state index contributed by atoms with van der Waals surface area (Å²) in [7, 11) is 1.45. The number of carbonyl (C=O) groups is 1. The molecule has 250 valence electrons. The third kappa shape index (κ3) is 3.35. The molecule has 7 aliphatic heterocycles. The summed E-state index contributed by atoms with van der Waals surface area (Å²) in [6.07, 6.45) is 9.09. The summed E-state index contributed by atoms with van der Waals surface area (Å²) in [5, 5.41) is 25.7. The number of aromatic hydroxyl groups is 1. The molecule has 4 bridgehead atoms. The van der Waals surface area contributed by atoms with Gasteiger partial charge in [0.15, 0.2) is 0 Å². The molecule has 0 aliphatic carbocycles. The largest absolute Gasteiger partial charge is 0.508 e. The maximum Gasteiger partial charge on any atom is 0.316 e. The highest BCUT2D eigenvalue weighted by Gasteiger charge is 2.65. The van der Waals surface area contributed by atoms with E-state index in [0.29, 0.717) is 18.2 Å². The summed E-state index contributed by atoms with van der Waals surface area (Å²) in [6.45, 7) is 7.26. The standard InChI is InChI=1S/C40H46N4O4/c1-4-22-20-43-29-18-26(22)40(21-45,38(47)48-3)32(43)17-25-33-27(41-35(25)29)11-12-31(46)34(33)30-19-39(5-2)14-8-15-42-16-13-24-23-9-6-7-10-28(23)44(30)36(24)37(39)42/h4,6-7,9-12,26,29-30,32,37,41,45-46H,5,8,13-21H2,1-3H3/b22-4-/t26-,29-,30-,32-,37-,39+,40+/m0/s1. The number of nitrogens with zero attached hydrogens (tertiary/aromatic N) is 3. The molecule has 8 heteroatoms. The quantitative estimate of drug-likeness (QED) is 0.178. The molecule has 2 aromatic heterocycles. The molecule has 0 amide bonds. The van der Waals surface area contributed by atoms with Crippen LogP contribution in [-0.2, 0) is 22.4 Å². The third-order valence-corrected chi connectivity index (χ3v) is 14.3. The van der Waals surface area contributed by atoms with E-state index in [9.17, 15) is 15.0 Å². The number of carbonyl (C=O) groups excluding carboxylic acids is 1. The number of aliphatic hydroxyl groups excluding tert-OH is 1. The maximum atomic E-state index is 13.8. The second-order valence-electron chi connectivity index (χ2n) is 15.7. The number of nitrogens with one attached hydrogen (secondary N) is 1. The molecule has 11 rings (SSSR count). The van der Waals surface area contributed by atoms with E-state index in [1.165, 1.54) is 58.9 Å². The lowest BCUT2D eigenvalue weighted by molar-refractivity contribution is -0.183. The zero-order valence-electron chi connectivity index (χ0n) is 28.3. The number of aromatic amines is 1. The number of allylic oxidation sites excluding steroid dienone is 1. The second-order valence-corrected chi connectivity index (χ2v) is 15.7. The molecule has 0 spiro atoms. The van der Waals surface area contributed by atoms with Gasteiger partial charge < -0.3 is 24.5 Å². The summed E-state index contributed by atoms with van der Waals surface area (Å²) in [4.78, 5) is 22.9. The predicted molar refractivity (Wildman–Crippen MR) is 185 cm³/mol. The van der Waals surface area contributed by atoms with Crippen LogP contribution in [0.4, 0.5) is 0 Å². The van der Waals surface area contributed by atoms with Crippen LogP contribution in [0, 0.1) is 16.7 Å². The highest BCUT2D eigenvalue weighted by molar-refractivity contribution is 5.93. The number of phenols is 1. The van der Waals surface area contributed by atoms with Crippen LogP contribution in [0.15, 0.2) is 48.0 Å². The fourth-order valence-electron chi connectivity index (χ4n) is 12.3. The molecule has 4 fully saturated rings. The lowest BCUT2D eigenvalue weighted by Crippen LogP contribution is -2.69. The fraction of sp³-hybridized carbons (Fsp3) is 0.525. The summed E-state index contributed by atoms with van der Waals surface area (Å²) in [5.41, 5.74) is 9.07. The Hall–Kier alpha value is -3.59. The zero-order chi connectivity index (χ0) is 32.7. The van der Waals surface area contributed by atoms with Gasteiger partial charge in [0.1, 0.15) is 11.2 Å². The lowest BCUT2D eigenvalue weighted by atomic mass is 9.55. The van der Waals surface area contributed by atoms with Crippen LogP contribution in [0.2, 0.25) is 0 Å². The Kier molecular flexibility index (Phi) is 6.11. The van der Waals surface area contributed by atoms with Crippen molar-refractivity contribution in [1.82, 2.24) is 19.4 Å². The molecule has 48 heavy (non-hydrogen) atoms. The van der Waals surface area contributed by atoms with E-state index < -0.39 is 5.41 Å². The van der Waals surface area contributed by atoms with Crippen molar-refractivity contribution < 1.29 is 19.7 Å². The first-order valence-electron chi connectivity index (χ1n) is 18.2. The minimum absolute atomic E-state index is 0.0205. The summed E-state index contributed by atoms with van der Waals surface area (Å²) in [6, 6.07) is 13.2. The van der Waals surface area contributed by atoms with Gasteiger partial charge in [-0.3, -0.25) is 14.6 Å². The Morgan fingerprint density at radius 2 is 2.00 bits per heavy atom. The Labute approximate surface area is 281 Å². The highest BCUT2D eigenvalue weighted by Crippen LogP contribution is 2.63. The van der Waals surface area contributed by atoms with E-state index in [-0.39, 0.29) is 42.0 Å². The molecule has 4 aromatic rings. The van der Waals surface area contributed by atoms with Crippen molar-refractivity contribution >= 4 is 27.8 Å². The number of H-pyrrole nitrogens is 1. The average molecular weight is 647 g/mol. The highest BCUT2D eigenvalue weighted by atomic mass is 16.5. The summed E-state index contributed by atoms with van der Waals surface area (Å²) in [5.74, 6) is -0.0346. The molecular formula is C40H46N4O4. The van der Waals surface area contributed by atoms with Gasteiger partial charge in [0, 0.05) is 63.8 Å². The Morgan fingerprint density at radius 1 is 1.15 bits per heavy atom. The van der Waals surface area contributed by atoms with E-state index >= 15 is 0 Å². The number of benzene rings is 2. The van der Waals surface area contributed by atoms with Crippen molar-refractivity contribution in [1.29, 1.82) is 0 Å². The molecule has 0 radical (unpaired) electrons. The van der Waals surface area contributed by atoms with E-state index in [2.05, 4.69) is 56.6 Å². The molecule has 8 atom stereocenters. The van der Waals surface area contributed by atoms with Crippen LogP contribution < -0.4 is 0 Å². The van der Waals surface area contributed by atoms with E-state index in [1.54, 1.807) is 0 Å². The van der Waals surface area contributed by atoms with Gasteiger partial charge in [-0.1, -0.05) is 36.8 Å². The molecule has 0 saturated carbocycles. The molecular weight excluding hydrogens is 600 g/mol. The zero-order valence-corrected chi connectivity index (χ0v) is 28.3. The number of piperidine rings is 4. The SMILES string of the molecule is C/C=C1/CN2[C@H]3Cc4c([nH]c5ccc(O)c([C@@H]6C[C@@]7(CC)CCCN8CCc9c(n6c6ccccc96)[C@H]87)c45)[C@@H]2C[C@@H]1[C@@]3(CO)C(=O)OC. The smallest absolute Gasteiger partial charge is 0.316 e. The molecule has 1 unspecified atom stereocenters. The van der Waals surface area contributed by atoms with Gasteiger partial charge in [0.25, 0.3) is 0 Å². The first-order valence-corrected chi connectivity index (χ1v) is 18.2. The van der Waals surface area contributed by atoms with Gasteiger partial charge in [0.05, 0.1) is 31.8 Å². The van der Waals surface area contributed by atoms with Gasteiger partial charge in [-0.05, 0) is 93.2 Å². The van der Waals surface area contributed by atoms with Crippen molar-refractivity contribution in [2.24, 2.45) is 16.7 Å². The molecule has 2 aromatic carbocycles. The number of aromatic nitrogens is 2. The maximum absolute atomic E-state index is 13.8. The number of fused-ring (bicyclic) bond motifs is 7. The Bertz CT molecular complexity index is 2060. The number of aliphatic hydroxyl groups is 1. The van der Waals surface area contributed by atoms with E-state index in [1.807, 2.05) is 19.1 Å². The number of ether oxygens (including phenoxy) is 1. The number of rotatable bonds is 4. The molecule has 7 aliphatic rings. The van der Waals surface area contributed by atoms with Crippen molar-refractivity contribution in [3.05, 3.63) is 76.1 Å². The minimum Gasteiger partial charge on any atom is -0.508 e. The normalized spacial score (nSPS) is 35.6. The van der Waals surface area contributed by atoms with Crippen LogP contribution in [0.1, 0.15) is 92.2 Å². The van der Waals surface area contributed by atoms with Gasteiger partial charge in [-0.2, -0.15) is 0 Å². The molecule has 3 N–H and O–H groups in total. The van der Waals surface area contributed by atoms with E-state index in [4.69, 9.17) is 4.74 Å².